The zero-order valence-corrected chi connectivity index (χ0v) is 17.8. The van der Waals surface area contributed by atoms with E-state index in [9.17, 15) is 18.4 Å². The van der Waals surface area contributed by atoms with Gasteiger partial charge in [-0.05, 0) is 38.1 Å². The second-order valence-electron chi connectivity index (χ2n) is 7.25. The number of hydrogen-bond donors (Lipinski definition) is 1. The van der Waals surface area contributed by atoms with Crippen molar-refractivity contribution in [2.45, 2.75) is 26.5 Å². The van der Waals surface area contributed by atoms with Crippen LogP contribution in [0.1, 0.15) is 39.5 Å². The molecule has 0 unspecified atom stereocenters. The molecule has 0 saturated heterocycles. The van der Waals surface area contributed by atoms with Gasteiger partial charge < -0.3 is 15.0 Å². The molecule has 2 aromatic heterocycles. The van der Waals surface area contributed by atoms with Gasteiger partial charge in [-0.3, -0.25) is 19.3 Å². The monoisotopic (exact) mass is 461 g/mol. The summed E-state index contributed by atoms with van der Waals surface area (Å²) in [6.45, 7) is 0.773. The smallest absolute Gasteiger partial charge is 0.387 e. The largest absolute Gasteiger partial charge is 0.433 e. The van der Waals surface area contributed by atoms with Crippen LogP contribution in [0, 0.1) is 6.92 Å². The molecule has 0 radical (unpaired) electrons. The first-order chi connectivity index (χ1) is 15.2. The number of carbonyl (C=O) groups excluding carboxylic acids is 2. The summed E-state index contributed by atoms with van der Waals surface area (Å²) in [7, 11) is 0. The van der Waals surface area contributed by atoms with Gasteiger partial charge in [-0.15, -0.1) is 0 Å². The van der Waals surface area contributed by atoms with Crippen molar-refractivity contribution in [3.05, 3.63) is 64.7 Å². The fourth-order valence-corrected chi connectivity index (χ4v) is 3.68. The van der Waals surface area contributed by atoms with Crippen LogP contribution < -0.4 is 15.0 Å². The summed E-state index contributed by atoms with van der Waals surface area (Å²) in [6, 6.07) is 7.22. The predicted octanol–water partition coefficient (Wildman–Crippen LogP) is 4.32. The zero-order chi connectivity index (χ0) is 23.0. The van der Waals surface area contributed by atoms with Gasteiger partial charge >= 0.3 is 6.61 Å². The van der Waals surface area contributed by atoms with Crippen molar-refractivity contribution in [2.24, 2.45) is 0 Å². The van der Waals surface area contributed by atoms with Crippen LogP contribution in [0.15, 0.2) is 42.7 Å². The summed E-state index contributed by atoms with van der Waals surface area (Å²) in [5.74, 6) is -1.25. The molecule has 0 spiro atoms. The molecule has 1 aliphatic heterocycles. The van der Waals surface area contributed by atoms with Crippen LogP contribution in [0.5, 0.6) is 5.75 Å². The third-order valence-electron chi connectivity index (χ3n) is 4.95. The minimum atomic E-state index is -3.06. The highest BCUT2D eigenvalue weighted by molar-refractivity contribution is 6.32. The highest BCUT2D eigenvalue weighted by Crippen LogP contribution is 2.34. The van der Waals surface area contributed by atoms with E-state index in [-0.39, 0.29) is 34.6 Å². The van der Waals surface area contributed by atoms with Gasteiger partial charge in [-0.25, -0.2) is 0 Å². The number of pyridine rings is 1. The zero-order valence-electron chi connectivity index (χ0n) is 17.1. The van der Waals surface area contributed by atoms with Crippen LogP contribution in [-0.4, -0.2) is 39.7 Å². The number of ether oxygens (including phenoxy) is 1. The van der Waals surface area contributed by atoms with Crippen molar-refractivity contribution in [3.8, 4) is 5.75 Å². The maximum atomic E-state index is 13.3. The molecule has 1 atom stereocenters. The number of benzene rings is 1. The van der Waals surface area contributed by atoms with Crippen molar-refractivity contribution < 1.29 is 23.1 Å². The Bertz CT molecular complexity index is 1200. The second-order valence-corrected chi connectivity index (χ2v) is 7.66. The number of anilines is 2. The maximum Gasteiger partial charge on any atom is 0.387 e. The lowest BCUT2D eigenvalue weighted by molar-refractivity contribution is -0.0497. The minimum Gasteiger partial charge on any atom is -0.433 e. The van der Waals surface area contributed by atoms with Gasteiger partial charge in [0.15, 0.2) is 0 Å². The number of hydrogen-bond acceptors (Lipinski definition) is 5. The van der Waals surface area contributed by atoms with Crippen LogP contribution in [-0.2, 0) is 0 Å². The highest BCUT2D eigenvalue weighted by Gasteiger charge is 2.35. The Morgan fingerprint density at radius 2 is 2.09 bits per heavy atom. The second kappa shape index (κ2) is 8.54. The first kappa shape index (κ1) is 21.7. The Morgan fingerprint density at radius 3 is 2.81 bits per heavy atom. The molecule has 1 N–H and O–H groups in total. The summed E-state index contributed by atoms with van der Waals surface area (Å²) in [5.41, 5.74) is 1.75. The van der Waals surface area contributed by atoms with Crippen molar-refractivity contribution in [2.75, 3.05) is 16.8 Å². The predicted molar refractivity (Wildman–Crippen MR) is 114 cm³/mol. The van der Waals surface area contributed by atoms with Crippen LogP contribution in [0.3, 0.4) is 0 Å². The molecule has 1 aliphatic rings. The summed E-state index contributed by atoms with van der Waals surface area (Å²) < 4.78 is 31.3. The Balaban J connectivity index is 1.67. The highest BCUT2D eigenvalue weighted by atomic mass is 35.5. The van der Waals surface area contributed by atoms with E-state index in [0.29, 0.717) is 11.4 Å². The van der Waals surface area contributed by atoms with E-state index in [1.54, 1.807) is 25.3 Å². The summed E-state index contributed by atoms with van der Waals surface area (Å²) in [5, 5.41) is 6.95. The van der Waals surface area contributed by atoms with Gasteiger partial charge in [0.1, 0.15) is 11.4 Å². The quantitative estimate of drug-likeness (QED) is 0.611. The maximum absolute atomic E-state index is 13.3. The molecule has 11 heteroatoms. The molecule has 4 rings (SSSR count). The molecule has 0 saturated carbocycles. The van der Waals surface area contributed by atoms with Crippen molar-refractivity contribution in [3.63, 3.8) is 0 Å². The Kier molecular flexibility index (Phi) is 5.79. The first-order valence-electron chi connectivity index (χ1n) is 9.62. The molecule has 0 fully saturated rings. The summed E-state index contributed by atoms with van der Waals surface area (Å²) >= 11 is 5.93. The molecule has 2 amide bonds. The van der Waals surface area contributed by atoms with Gasteiger partial charge in [0.2, 0.25) is 0 Å². The lowest BCUT2D eigenvalue weighted by Gasteiger charge is -2.32. The topological polar surface area (TPSA) is 89.4 Å². The van der Waals surface area contributed by atoms with Gasteiger partial charge in [0, 0.05) is 35.9 Å². The van der Waals surface area contributed by atoms with Crippen molar-refractivity contribution in [1.82, 2.24) is 14.8 Å². The average molecular weight is 462 g/mol. The Labute approximate surface area is 186 Å². The number of fused-ring (bicyclic) bond motifs is 1. The van der Waals surface area contributed by atoms with E-state index in [0.717, 1.165) is 5.69 Å². The number of aryl methyl sites for hydroxylation is 1. The van der Waals surface area contributed by atoms with Gasteiger partial charge in [0.05, 0.1) is 22.8 Å². The molecular formula is C21H18ClF2N5O3. The minimum absolute atomic E-state index is 0.00990. The van der Waals surface area contributed by atoms with Crippen molar-refractivity contribution in [1.29, 1.82) is 0 Å². The number of aromatic nitrogens is 3. The number of halogens is 3. The molecular weight excluding hydrogens is 444 g/mol. The lowest BCUT2D eigenvalue weighted by Crippen LogP contribution is -2.43. The Hall–Kier alpha value is -3.53. The normalized spacial score (nSPS) is 15.6. The van der Waals surface area contributed by atoms with E-state index in [1.807, 2.05) is 6.92 Å². The van der Waals surface area contributed by atoms with E-state index >= 15 is 0 Å². The van der Waals surface area contributed by atoms with Crippen LogP contribution in [0.25, 0.3) is 0 Å². The summed E-state index contributed by atoms with van der Waals surface area (Å²) in [6.07, 6.45) is 2.90. The van der Waals surface area contributed by atoms with E-state index < -0.39 is 18.4 Å². The molecule has 32 heavy (non-hydrogen) atoms. The van der Waals surface area contributed by atoms with E-state index in [1.165, 1.54) is 34.0 Å². The standard InChI is InChI=1S/C21H18ClF2N5O3/c1-11-7-13(5-6-25-11)27-19(30)15-9-26-29-12(2)10-28(20(31)18(15)29)14-3-4-16(22)17(8-14)32-21(23)24/h3-9,12,21H,10H2,1-2H3,(H,25,27,30)/t12-/m0/s1. The molecule has 3 aromatic rings. The third-order valence-corrected chi connectivity index (χ3v) is 5.26. The van der Waals surface area contributed by atoms with E-state index in [2.05, 4.69) is 20.1 Å². The van der Waals surface area contributed by atoms with Gasteiger partial charge in [0.25, 0.3) is 11.8 Å². The lowest BCUT2D eigenvalue weighted by atomic mass is 10.1. The van der Waals surface area contributed by atoms with E-state index in [4.69, 9.17) is 11.6 Å². The SMILES string of the molecule is Cc1cc(NC(=O)c2cnn3c2C(=O)N(c2ccc(Cl)c(OC(F)F)c2)C[C@@H]3C)ccn1. The van der Waals surface area contributed by atoms with Gasteiger partial charge in [-0.1, -0.05) is 11.6 Å². The molecule has 8 nitrogen and oxygen atoms in total. The van der Waals surface area contributed by atoms with Crippen LogP contribution in [0.4, 0.5) is 20.2 Å². The number of nitrogens with zero attached hydrogens (tertiary/aromatic N) is 4. The fraction of sp³-hybridized carbons (Fsp3) is 0.238. The fourth-order valence-electron chi connectivity index (χ4n) is 3.52. The van der Waals surface area contributed by atoms with Gasteiger partial charge in [-0.2, -0.15) is 13.9 Å². The number of alkyl halides is 2. The molecule has 166 valence electrons. The number of nitrogens with one attached hydrogen (secondary N) is 1. The Morgan fingerprint density at radius 1 is 1.31 bits per heavy atom. The third kappa shape index (κ3) is 4.13. The molecule has 0 bridgehead atoms. The molecule has 0 aliphatic carbocycles. The molecule has 3 heterocycles. The van der Waals surface area contributed by atoms with Crippen LogP contribution >= 0.6 is 11.6 Å². The number of rotatable bonds is 5. The number of carbonyl (C=O) groups is 2. The molecule has 1 aromatic carbocycles. The van der Waals surface area contributed by atoms with Crippen molar-refractivity contribution >= 4 is 34.8 Å². The summed E-state index contributed by atoms with van der Waals surface area (Å²) in [4.78, 5) is 31.7. The number of amides is 2. The van der Waals surface area contributed by atoms with Crippen LogP contribution in [0.2, 0.25) is 5.02 Å². The average Bonchev–Trinajstić information content (AvgIpc) is 3.18. The first-order valence-corrected chi connectivity index (χ1v) is 10.00.